The smallest absolute Gasteiger partial charge is 0.132 e. The molecule has 0 aliphatic carbocycles. The summed E-state index contributed by atoms with van der Waals surface area (Å²) in [6.45, 7) is 13.0. The molecular weight excluding hydrogens is 550 g/mol. The number of halogens is 1. The van der Waals surface area contributed by atoms with E-state index >= 15 is 0 Å². The summed E-state index contributed by atoms with van der Waals surface area (Å²) in [6.07, 6.45) is 8.58. The lowest BCUT2D eigenvalue weighted by Gasteiger charge is -2.18. The van der Waals surface area contributed by atoms with Gasteiger partial charge in [0.25, 0.3) is 0 Å². The van der Waals surface area contributed by atoms with E-state index in [-0.39, 0.29) is 0 Å². The van der Waals surface area contributed by atoms with E-state index in [0.29, 0.717) is 6.54 Å². The molecule has 0 aliphatic heterocycles. The topological polar surface area (TPSA) is 54.2 Å². The quantitative estimate of drug-likeness (QED) is 0.122. The van der Waals surface area contributed by atoms with Crippen LogP contribution in [0.2, 0.25) is 5.02 Å². The van der Waals surface area contributed by atoms with Gasteiger partial charge in [-0.3, -0.25) is 4.98 Å². The highest BCUT2D eigenvalue weighted by molar-refractivity contribution is 6.36. The summed E-state index contributed by atoms with van der Waals surface area (Å²) in [6, 6.07) is 21.3. The molecule has 5 nitrogen and oxygen atoms in total. The Kier molecular flexibility index (Phi) is 11.7. The highest BCUT2D eigenvalue weighted by atomic mass is 35.5. The Bertz CT molecular complexity index is 1660. The van der Waals surface area contributed by atoms with E-state index in [1.807, 2.05) is 37.1 Å². The van der Waals surface area contributed by atoms with Crippen LogP contribution in [0.5, 0.6) is 0 Å². The fraction of sp³-hybridized carbons (Fsp3) is 0.297. The standard InChI is InChI=1S/C37H44ClN5/c1-7-20-40-25-28-17-18-35(42-34(28)10-4)32-15-12-14-31(29(32)9-3)33-16-11-13-30(37(33)38)27-19-21-43(6)36(22-27)41-24-26(8-2)23-39-5/h8,11-19,21-22,24,39-40H,2,7,9-10,20,23,25H2,1,3-6H3/b26-24+,41-36-. The molecule has 4 aromatic rings. The number of hydrogen-bond acceptors (Lipinski definition) is 4. The third-order valence-corrected chi connectivity index (χ3v) is 8.09. The fourth-order valence-corrected chi connectivity index (χ4v) is 5.68. The van der Waals surface area contributed by atoms with Crippen molar-refractivity contribution in [3.63, 3.8) is 0 Å². The van der Waals surface area contributed by atoms with Gasteiger partial charge in [-0.15, -0.1) is 0 Å². The molecule has 0 radical (unpaired) electrons. The number of nitrogens with one attached hydrogen (secondary N) is 2. The first kappa shape index (κ1) is 32.2. The minimum atomic E-state index is 0.707. The minimum absolute atomic E-state index is 0.707. The van der Waals surface area contributed by atoms with Crippen molar-refractivity contribution in [1.82, 2.24) is 20.2 Å². The zero-order valence-corrected chi connectivity index (χ0v) is 26.9. The molecule has 0 bridgehead atoms. The Morgan fingerprint density at radius 3 is 2.42 bits per heavy atom. The van der Waals surface area contributed by atoms with Gasteiger partial charge in [-0.1, -0.05) is 87.5 Å². The summed E-state index contributed by atoms with van der Waals surface area (Å²) in [5.41, 5.74) is 11.8. The number of likely N-dealkylation sites (N-methyl/N-ethyl adjacent to an activating group) is 1. The number of pyridine rings is 2. The van der Waals surface area contributed by atoms with E-state index in [1.54, 1.807) is 0 Å². The van der Waals surface area contributed by atoms with Crippen LogP contribution in [-0.4, -0.2) is 29.7 Å². The van der Waals surface area contributed by atoms with Gasteiger partial charge in [0.1, 0.15) is 5.49 Å². The van der Waals surface area contributed by atoms with Crippen LogP contribution in [0.15, 0.2) is 96.3 Å². The first-order valence-corrected chi connectivity index (χ1v) is 15.6. The summed E-state index contributed by atoms with van der Waals surface area (Å²) in [7, 11) is 3.90. The molecule has 0 spiro atoms. The summed E-state index contributed by atoms with van der Waals surface area (Å²) < 4.78 is 2.00. The second-order valence-corrected chi connectivity index (χ2v) is 11.0. The maximum atomic E-state index is 7.22. The van der Waals surface area contributed by atoms with E-state index in [9.17, 15) is 0 Å². The van der Waals surface area contributed by atoms with Crippen LogP contribution in [0.25, 0.3) is 33.5 Å². The predicted octanol–water partition coefficient (Wildman–Crippen LogP) is 7.89. The molecule has 0 unspecified atom stereocenters. The van der Waals surface area contributed by atoms with Crippen LogP contribution in [0.1, 0.15) is 44.0 Å². The lowest BCUT2D eigenvalue weighted by Crippen LogP contribution is -2.16. The van der Waals surface area contributed by atoms with Crippen LogP contribution in [0.3, 0.4) is 0 Å². The number of hydrogen-bond donors (Lipinski definition) is 2. The highest BCUT2D eigenvalue weighted by Gasteiger charge is 2.17. The number of aryl methyl sites for hydroxylation is 2. The molecule has 2 aromatic heterocycles. The van der Waals surface area contributed by atoms with Crippen molar-refractivity contribution in [2.24, 2.45) is 12.0 Å². The molecule has 43 heavy (non-hydrogen) atoms. The average Bonchev–Trinajstić information content (AvgIpc) is 3.03. The summed E-state index contributed by atoms with van der Waals surface area (Å²) in [5.74, 6) is 0. The molecular formula is C37H44ClN5. The van der Waals surface area contributed by atoms with Crippen molar-refractivity contribution >= 4 is 11.6 Å². The van der Waals surface area contributed by atoms with E-state index in [4.69, 9.17) is 21.6 Å². The summed E-state index contributed by atoms with van der Waals surface area (Å²) in [4.78, 5) is 9.88. The lowest BCUT2D eigenvalue weighted by molar-refractivity contribution is 0.668. The Hall–Kier alpha value is -3.77. The van der Waals surface area contributed by atoms with E-state index in [2.05, 4.69) is 98.6 Å². The monoisotopic (exact) mass is 593 g/mol. The predicted molar refractivity (Wildman–Crippen MR) is 183 cm³/mol. The molecule has 0 saturated heterocycles. The van der Waals surface area contributed by atoms with E-state index < -0.39 is 0 Å². The molecule has 224 valence electrons. The third-order valence-electron chi connectivity index (χ3n) is 7.68. The third kappa shape index (κ3) is 7.61. The van der Waals surface area contributed by atoms with Crippen LogP contribution in [0, 0.1) is 0 Å². The molecule has 6 heteroatoms. The summed E-state index contributed by atoms with van der Waals surface area (Å²) in [5, 5.41) is 7.39. The van der Waals surface area contributed by atoms with Gasteiger partial charge in [0.2, 0.25) is 0 Å². The van der Waals surface area contributed by atoms with Crippen LogP contribution >= 0.6 is 11.6 Å². The molecule has 0 amide bonds. The minimum Gasteiger partial charge on any atom is -0.336 e. The number of benzene rings is 2. The Morgan fingerprint density at radius 1 is 0.977 bits per heavy atom. The van der Waals surface area contributed by atoms with Crippen molar-refractivity contribution in [2.75, 3.05) is 20.1 Å². The fourth-order valence-electron chi connectivity index (χ4n) is 5.35. The zero-order valence-electron chi connectivity index (χ0n) is 26.2. The lowest BCUT2D eigenvalue weighted by atomic mass is 9.90. The van der Waals surface area contributed by atoms with Crippen molar-refractivity contribution in [1.29, 1.82) is 0 Å². The maximum absolute atomic E-state index is 7.22. The van der Waals surface area contributed by atoms with Gasteiger partial charge in [-0.2, -0.15) is 0 Å². The largest absolute Gasteiger partial charge is 0.336 e. The van der Waals surface area contributed by atoms with Gasteiger partial charge in [-0.25, -0.2) is 4.99 Å². The van der Waals surface area contributed by atoms with Gasteiger partial charge >= 0.3 is 0 Å². The van der Waals surface area contributed by atoms with Crippen molar-refractivity contribution in [3.05, 3.63) is 119 Å². The number of nitrogens with zero attached hydrogens (tertiary/aromatic N) is 3. The van der Waals surface area contributed by atoms with Crippen LogP contribution < -0.4 is 16.1 Å². The van der Waals surface area contributed by atoms with E-state index in [1.165, 1.54) is 11.1 Å². The molecule has 4 rings (SSSR count). The van der Waals surface area contributed by atoms with Crippen molar-refractivity contribution in [3.8, 4) is 33.5 Å². The number of aromatic nitrogens is 2. The van der Waals surface area contributed by atoms with E-state index in [0.717, 1.165) is 87.6 Å². The Balaban J connectivity index is 1.77. The molecule has 0 aliphatic rings. The average molecular weight is 594 g/mol. The molecule has 0 atom stereocenters. The molecule has 0 saturated carbocycles. The molecule has 0 fully saturated rings. The highest BCUT2D eigenvalue weighted by Crippen LogP contribution is 2.40. The van der Waals surface area contributed by atoms with Crippen molar-refractivity contribution in [2.45, 2.75) is 46.6 Å². The first-order chi connectivity index (χ1) is 20.9. The maximum Gasteiger partial charge on any atom is 0.132 e. The SMILES string of the molecule is C=C/C(=C\N=c1\cc(-c2cccc(-c3cccc(-c4ccc(CNCCC)c(CC)n4)c3CC)c2Cl)ccn1C)CNC. The van der Waals surface area contributed by atoms with Gasteiger partial charge in [-0.05, 0) is 78.9 Å². The Morgan fingerprint density at radius 2 is 1.72 bits per heavy atom. The van der Waals surface area contributed by atoms with Crippen LogP contribution in [-0.2, 0) is 26.4 Å². The van der Waals surface area contributed by atoms with Gasteiger partial charge in [0, 0.05) is 54.9 Å². The van der Waals surface area contributed by atoms with Gasteiger partial charge < -0.3 is 15.2 Å². The van der Waals surface area contributed by atoms with Crippen LogP contribution in [0.4, 0.5) is 0 Å². The van der Waals surface area contributed by atoms with Gasteiger partial charge in [0.05, 0.1) is 10.7 Å². The van der Waals surface area contributed by atoms with Crippen molar-refractivity contribution < 1.29 is 0 Å². The first-order valence-electron chi connectivity index (χ1n) is 15.2. The molecule has 2 heterocycles. The Labute approximate surface area is 262 Å². The zero-order chi connectivity index (χ0) is 30.8. The normalized spacial score (nSPS) is 12.1. The molecule has 2 N–H and O–H groups in total. The second kappa shape index (κ2) is 15.6. The molecule has 2 aromatic carbocycles. The van der Waals surface area contributed by atoms with Gasteiger partial charge in [0.15, 0.2) is 0 Å². The number of rotatable bonds is 13. The summed E-state index contributed by atoms with van der Waals surface area (Å²) >= 11 is 7.22. The second-order valence-electron chi connectivity index (χ2n) is 10.6.